The van der Waals surface area contributed by atoms with Crippen LogP contribution in [-0.2, 0) is 0 Å². The highest BCUT2D eigenvalue weighted by molar-refractivity contribution is 9.10. The smallest absolute Gasteiger partial charge is 0.138 e. The molecule has 0 aliphatic heterocycles. The van der Waals surface area contributed by atoms with E-state index in [9.17, 15) is 0 Å². The first-order valence-corrected chi connectivity index (χ1v) is 6.96. The molecule has 0 N–H and O–H groups in total. The number of nitriles is 1. The predicted octanol–water partition coefficient (Wildman–Crippen LogP) is 4.42. The van der Waals surface area contributed by atoms with Crippen molar-refractivity contribution in [2.75, 3.05) is 0 Å². The van der Waals surface area contributed by atoms with Gasteiger partial charge in [0.05, 0.1) is 6.10 Å². The monoisotopic (exact) mass is 293 g/mol. The maximum absolute atomic E-state index is 9.12. The lowest BCUT2D eigenvalue weighted by atomic mass is 10.1. The summed E-state index contributed by atoms with van der Waals surface area (Å²) in [5, 5.41) is 9.12. The Labute approximate surface area is 111 Å². The van der Waals surface area contributed by atoms with Gasteiger partial charge in [0.1, 0.15) is 17.4 Å². The first-order valence-electron chi connectivity index (χ1n) is 6.16. The first kappa shape index (κ1) is 12.4. The summed E-state index contributed by atoms with van der Waals surface area (Å²) in [6, 6.07) is 7.87. The highest BCUT2D eigenvalue weighted by Gasteiger charge is 2.16. The maximum Gasteiger partial charge on any atom is 0.138 e. The number of halogens is 1. The van der Waals surface area contributed by atoms with E-state index in [0.717, 1.165) is 17.3 Å². The summed E-state index contributed by atoms with van der Waals surface area (Å²) in [4.78, 5) is 0. The average molecular weight is 294 g/mol. The Morgan fingerprint density at radius 3 is 2.53 bits per heavy atom. The summed E-state index contributed by atoms with van der Waals surface area (Å²) in [6.45, 7) is 0. The Kier molecular flexibility index (Phi) is 4.44. The topological polar surface area (TPSA) is 33.0 Å². The lowest BCUT2D eigenvalue weighted by molar-refractivity contribution is 0.183. The molecule has 3 heteroatoms. The predicted molar refractivity (Wildman–Crippen MR) is 71.0 cm³/mol. The number of hydrogen-bond acceptors (Lipinski definition) is 2. The van der Waals surface area contributed by atoms with Gasteiger partial charge >= 0.3 is 0 Å². The molecule has 1 aliphatic rings. The van der Waals surface area contributed by atoms with Crippen LogP contribution < -0.4 is 4.74 Å². The lowest BCUT2D eigenvalue weighted by Gasteiger charge is -2.18. The molecule has 1 aromatic carbocycles. The van der Waals surface area contributed by atoms with Crippen molar-refractivity contribution in [1.82, 2.24) is 0 Å². The van der Waals surface area contributed by atoms with Crippen LogP contribution in [0.15, 0.2) is 22.7 Å². The summed E-state index contributed by atoms with van der Waals surface area (Å²) in [6.07, 6.45) is 7.59. The minimum atomic E-state index is 0.277. The Hall–Kier alpha value is -1.01. The molecule has 17 heavy (non-hydrogen) atoms. The van der Waals surface area contributed by atoms with Crippen LogP contribution >= 0.6 is 15.9 Å². The van der Waals surface area contributed by atoms with Crippen molar-refractivity contribution in [3.05, 3.63) is 28.2 Å². The quantitative estimate of drug-likeness (QED) is 0.756. The molecular weight excluding hydrogens is 278 g/mol. The van der Waals surface area contributed by atoms with E-state index in [1.54, 1.807) is 0 Å². The molecule has 1 saturated carbocycles. The molecule has 0 atom stereocenters. The van der Waals surface area contributed by atoms with Crippen LogP contribution in [0.3, 0.4) is 0 Å². The fourth-order valence-electron chi connectivity index (χ4n) is 2.25. The molecular formula is C14H16BrNO. The third kappa shape index (κ3) is 3.23. The fraction of sp³-hybridized carbons (Fsp3) is 0.500. The van der Waals surface area contributed by atoms with Crippen LogP contribution in [-0.4, -0.2) is 6.10 Å². The van der Waals surface area contributed by atoms with Gasteiger partial charge in [-0.3, -0.25) is 0 Å². The second kappa shape index (κ2) is 6.07. The third-order valence-electron chi connectivity index (χ3n) is 3.18. The standard InChI is InChI=1S/C14H16BrNO/c15-13-8-5-9-14(12(13)10-16)17-11-6-3-1-2-4-7-11/h5,8-9,11H,1-4,6-7H2. The molecule has 0 spiro atoms. The van der Waals surface area contributed by atoms with Gasteiger partial charge in [0.25, 0.3) is 0 Å². The van der Waals surface area contributed by atoms with E-state index in [-0.39, 0.29) is 6.10 Å². The zero-order valence-corrected chi connectivity index (χ0v) is 11.4. The highest BCUT2D eigenvalue weighted by Crippen LogP contribution is 2.29. The van der Waals surface area contributed by atoms with E-state index in [2.05, 4.69) is 22.0 Å². The molecule has 0 bridgehead atoms. The van der Waals surface area contributed by atoms with Crippen LogP contribution in [0.1, 0.15) is 44.1 Å². The number of ether oxygens (including phenoxy) is 1. The molecule has 90 valence electrons. The van der Waals surface area contributed by atoms with Gasteiger partial charge in [-0.1, -0.05) is 18.9 Å². The van der Waals surface area contributed by atoms with Crippen LogP contribution in [0, 0.1) is 11.3 Å². The van der Waals surface area contributed by atoms with Crippen molar-refractivity contribution < 1.29 is 4.74 Å². The van der Waals surface area contributed by atoms with E-state index in [1.165, 1.54) is 25.7 Å². The second-order valence-electron chi connectivity index (χ2n) is 4.46. The molecule has 0 saturated heterocycles. The molecule has 0 radical (unpaired) electrons. The van der Waals surface area contributed by atoms with Gasteiger partial charge in [-0.25, -0.2) is 0 Å². The molecule has 2 rings (SSSR count). The van der Waals surface area contributed by atoms with Gasteiger partial charge in [-0.15, -0.1) is 0 Å². The van der Waals surface area contributed by atoms with E-state index < -0.39 is 0 Å². The van der Waals surface area contributed by atoms with Crippen molar-refractivity contribution >= 4 is 15.9 Å². The van der Waals surface area contributed by atoms with E-state index in [1.807, 2.05) is 18.2 Å². The first-order chi connectivity index (χ1) is 8.31. The van der Waals surface area contributed by atoms with E-state index >= 15 is 0 Å². The summed E-state index contributed by atoms with van der Waals surface area (Å²) in [7, 11) is 0. The zero-order valence-electron chi connectivity index (χ0n) is 9.79. The van der Waals surface area contributed by atoms with Gasteiger partial charge in [0.15, 0.2) is 0 Å². The Balaban J connectivity index is 2.12. The highest BCUT2D eigenvalue weighted by atomic mass is 79.9. The largest absolute Gasteiger partial charge is 0.489 e. The Bertz CT molecular complexity index is 417. The third-order valence-corrected chi connectivity index (χ3v) is 3.84. The normalized spacial score (nSPS) is 17.2. The van der Waals surface area contributed by atoms with Gasteiger partial charge in [0, 0.05) is 4.47 Å². The molecule has 2 nitrogen and oxygen atoms in total. The lowest BCUT2D eigenvalue weighted by Crippen LogP contribution is -2.15. The number of hydrogen-bond donors (Lipinski definition) is 0. The number of rotatable bonds is 2. The van der Waals surface area contributed by atoms with Gasteiger partial charge in [0.2, 0.25) is 0 Å². The van der Waals surface area contributed by atoms with Gasteiger partial charge in [-0.05, 0) is 53.7 Å². The van der Waals surface area contributed by atoms with Crippen LogP contribution in [0.2, 0.25) is 0 Å². The maximum atomic E-state index is 9.12. The minimum absolute atomic E-state index is 0.277. The van der Waals surface area contributed by atoms with E-state index in [4.69, 9.17) is 10.00 Å². The summed E-state index contributed by atoms with van der Waals surface area (Å²) < 4.78 is 6.80. The number of benzene rings is 1. The van der Waals surface area contributed by atoms with Crippen LogP contribution in [0.5, 0.6) is 5.75 Å². The molecule has 0 amide bonds. The Morgan fingerprint density at radius 2 is 1.88 bits per heavy atom. The van der Waals surface area contributed by atoms with Crippen LogP contribution in [0.25, 0.3) is 0 Å². The molecule has 0 unspecified atom stereocenters. The minimum Gasteiger partial charge on any atom is -0.489 e. The molecule has 1 aromatic rings. The van der Waals surface area contributed by atoms with Gasteiger partial charge in [-0.2, -0.15) is 5.26 Å². The van der Waals surface area contributed by atoms with Crippen molar-refractivity contribution in [1.29, 1.82) is 5.26 Å². The summed E-state index contributed by atoms with van der Waals surface area (Å²) in [5.74, 6) is 0.716. The molecule has 1 fully saturated rings. The van der Waals surface area contributed by atoms with E-state index in [0.29, 0.717) is 11.3 Å². The van der Waals surface area contributed by atoms with Crippen molar-refractivity contribution in [2.45, 2.75) is 44.6 Å². The molecule has 0 heterocycles. The van der Waals surface area contributed by atoms with Crippen molar-refractivity contribution in [2.24, 2.45) is 0 Å². The molecule has 1 aliphatic carbocycles. The summed E-state index contributed by atoms with van der Waals surface area (Å²) >= 11 is 3.39. The SMILES string of the molecule is N#Cc1c(Br)cccc1OC1CCCCCC1. The molecule has 0 aromatic heterocycles. The number of nitrogens with zero attached hydrogens (tertiary/aromatic N) is 1. The van der Waals surface area contributed by atoms with Crippen molar-refractivity contribution in [3.63, 3.8) is 0 Å². The summed E-state index contributed by atoms with van der Waals surface area (Å²) in [5.41, 5.74) is 0.608. The zero-order chi connectivity index (χ0) is 12.1. The van der Waals surface area contributed by atoms with Gasteiger partial charge < -0.3 is 4.74 Å². The van der Waals surface area contributed by atoms with Crippen LogP contribution in [0.4, 0.5) is 0 Å². The fourth-order valence-corrected chi connectivity index (χ4v) is 2.69. The Morgan fingerprint density at radius 1 is 1.18 bits per heavy atom. The average Bonchev–Trinajstić information content (AvgIpc) is 2.58. The second-order valence-corrected chi connectivity index (χ2v) is 5.31. The van der Waals surface area contributed by atoms with Crippen molar-refractivity contribution in [3.8, 4) is 11.8 Å².